The van der Waals surface area contributed by atoms with Crippen LogP contribution in [0.25, 0.3) is 0 Å². The van der Waals surface area contributed by atoms with E-state index in [2.05, 4.69) is 10.3 Å². The highest BCUT2D eigenvalue weighted by molar-refractivity contribution is 5.93. The molecule has 0 bridgehead atoms. The van der Waals surface area contributed by atoms with Gasteiger partial charge in [-0.15, -0.1) is 0 Å². The summed E-state index contributed by atoms with van der Waals surface area (Å²) < 4.78 is 0. The Morgan fingerprint density at radius 1 is 1.40 bits per heavy atom. The predicted octanol–water partition coefficient (Wildman–Crippen LogP) is 1.65. The van der Waals surface area contributed by atoms with Gasteiger partial charge in [-0.2, -0.15) is 0 Å². The van der Waals surface area contributed by atoms with E-state index in [-0.39, 0.29) is 5.82 Å². The van der Waals surface area contributed by atoms with Crippen LogP contribution >= 0.6 is 0 Å². The molecule has 0 spiro atoms. The van der Waals surface area contributed by atoms with Crippen LogP contribution in [-0.4, -0.2) is 37.2 Å². The first-order chi connectivity index (χ1) is 8.95. The molecule has 1 heterocycles. The lowest BCUT2D eigenvalue weighted by Crippen LogP contribution is -2.51. The summed E-state index contributed by atoms with van der Waals surface area (Å²) in [4.78, 5) is 24.8. The number of anilines is 1. The minimum atomic E-state index is -1.41. The second kappa shape index (κ2) is 5.04. The maximum Gasteiger partial charge on any atom is 0.342 e. The van der Waals surface area contributed by atoms with Crippen LogP contribution in [0.2, 0.25) is 0 Å². The van der Waals surface area contributed by atoms with Crippen molar-refractivity contribution in [2.45, 2.75) is 38.8 Å². The number of hydrogen-bond donors (Lipinski definition) is 3. The van der Waals surface area contributed by atoms with Gasteiger partial charge in [-0.1, -0.05) is 0 Å². The molecule has 0 saturated carbocycles. The maximum atomic E-state index is 11.0. The molecule has 1 aromatic heterocycles. The fourth-order valence-electron chi connectivity index (χ4n) is 1.31. The minimum absolute atomic E-state index is 0.139. The van der Waals surface area contributed by atoms with Gasteiger partial charge in [0.05, 0.1) is 16.1 Å². The van der Waals surface area contributed by atoms with Crippen molar-refractivity contribution in [2.24, 2.45) is 0 Å². The van der Waals surface area contributed by atoms with Crippen molar-refractivity contribution < 1.29 is 19.9 Å². The van der Waals surface area contributed by atoms with Crippen LogP contribution in [0.5, 0.6) is 0 Å². The van der Waals surface area contributed by atoms with E-state index in [0.29, 0.717) is 0 Å². The van der Waals surface area contributed by atoms with Crippen LogP contribution in [0.15, 0.2) is 12.3 Å². The number of carboxylic acid groups (broad SMARTS) is 1. The lowest BCUT2D eigenvalue weighted by atomic mass is 9.86. The van der Waals surface area contributed by atoms with Gasteiger partial charge in [0, 0.05) is 6.07 Å². The zero-order valence-electron chi connectivity index (χ0n) is 11.7. The molecule has 1 aromatic rings. The first-order valence-corrected chi connectivity index (χ1v) is 5.84. The van der Waals surface area contributed by atoms with Crippen LogP contribution < -0.4 is 5.32 Å². The van der Waals surface area contributed by atoms with Crippen molar-refractivity contribution in [2.75, 3.05) is 5.32 Å². The molecule has 8 heteroatoms. The SMILES string of the molecule is CC(C)(O)C(C)(C)Nc1cc(C(=O)O)c([N+](=O)[O-])cn1. The fraction of sp³-hybridized carbons (Fsp3) is 0.500. The highest BCUT2D eigenvalue weighted by atomic mass is 16.6. The first kappa shape index (κ1) is 15.8. The van der Waals surface area contributed by atoms with Crippen molar-refractivity contribution >= 4 is 17.5 Å². The Bertz CT molecular complexity index is 549. The fourth-order valence-corrected chi connectivity index (χ4v) is 1.31. The molecule has 20 heavy (non-hydrogen) atoms. The van der Waals surface area contributed by atoms with Crippen molar-refractivity contribution in [1.82, 2.24) is 4.98 Å². The summed E-state index contributed by atoms with van der Waals surface area (Å²) in [5, 5.41) is 32.6. The summed E-state index contributed by atoms with van der Waals surface area (Å²) >= 11 is 0. The molecule has 8 nitrogen and oxygen atoms in total. The highest BCUT2D eigenvalue weighted by Crippen LogP contribution is 2.27. The Morgan fingerprint density at radius 3 is 2.35 bits per heavy atom. The molecule has 0 fully saturated rings. The molecule has 0 radical (unpaired) electrons. The van der Waals surface area contributed by atoms with Crippen LogP contribution in [0.4, 0.5) is 11.5 Å². The maximum absolute atomic E-state index is 11.0. The molecule has 1 rings (SSSR count). The zero-order chi connectivity index (χ0) is 15.7. The van der Waals surface area contributed by atoms with Gasteiger partial charge in [-0.25, -0.2) is 9.78 Å². The number of aliphatic hydroxyl groups is 1. The van der Waals surface area contributed by atoms with E-state index in [4.69, 9.17) is 5.11 Å². The van der Waals surface area contributed by atoms with Crippen molar-refractivity contribution in [3.8, 4) is 0 Å². The number of rotatable bonds is 5. The number of pyridine rings is 1. The first-order valence-electron chi connectivity index (χ1n) is 5.84. The van der Waals surface area contributed by atoms with Crippen molar-refractivity contribution in [3.05, 3.63) is 27.9 Å². The summed E-state index contributed by atoms with van der Waals surface area (Å²) in [6.45, 7) is 6.58. The molecule has 0 amide bonds. The van der Waals surface area contributed by atoms with Crippen molar-refractivity contribution in [3.63, 3.8) is 0 Å². The molecular weight excluding hydrogens is 266 g/mol. The Labute approximate surface area is 115 Å². The zero-order valence-corrected chi connectivity index (χ0v) is 11.7. The van der Waals surface area contributed by atoms with Gasteiger partial charge >= 0.3 is 11.7 Å². The standard InChI is InChI=1S/C12H17N3O5/c1-11(2,12(3,4)18)14-9-5-7(10(16)17)8(6-13-9)15(19)20/h5-6,18H,1-4H3,(H,13,14)(H,16,17). The van der Waals surface area contributed by atoms with E-state index >= 15 is 0 Å². The largest absolute Gasteiger partial charge is 0.477 e. The molecule has 0 unspecified atom stereocenters. The topological polar surface area (TPSA) is 126 Å². The monoisotopic (exact) mass is 283 g/mol. The number of nitro groups is 1. The molecular formula is C12H17N3O5. The third kappa shape index (κ3) is 3.21. The van der Waals surface area contributed by atoms with Crippen LogP contribution in [-0.2, 0) is 0 Å². The lowest BCUT2D eigenvalue weighted by molar-refractivity contribution is -0.385. The number of nitrogens with one attached hydrogen (secondary N) is 1. The van der Waals surface area contributed by atoms with Gasteiger partial charge in [0.25, 0.3) is 0 Å². The molecule has 0 atom stereocenters. The second-order valence-electron chi connectivity index (χ2n) is 5.46. The Hall–Kier alpha value is -2.22. The molecule has 0 aromatic carbocycles. The van der Waals surface area contributed by atoms with Gasteiger partial charge in [-0.05, 0) is 27.7 Å². The van der Waals surface area contributed by atoms with E-state index < -0.39 is 33.3 Å². The van der Waals surface area contributed by atoms with E-state index in [1.165, 1.54) is 0 Å². The van der Waals surface area contributed by atoms with Crippen LogP contribution in [0.3, 0.4) is 0 Å². The average Bonchev–Trinajstić information content (AvgIpc) is 2.26. The smallest absolute Gasteiger partial charge is 0.342 e. The van der Waals surface area contributed by atoms with Gasteiger partial charge in [0.2, 0.25) is 0 Å². The molecule has 0 aliphatic rings. The summed E-state index contributed by atoms with van der Waals surface area (Å²) in [7, 11) is 0. The number of nitrogens with zero attached hydrogens (tertiary/aromatic N) is 2. The number of aromatic nitrogens is 1. The molecule has 0 saturated heterocycles. The number of hydrogen-bond acceptors (Lipinski definition) is 6. The molecule has 0 aliphatic heterocycles. The number of carbonyl (C=O) groups is 1. The average molecular weight is 283 g/mol. The third-order valence-corrected chi connectivity index (χ3v) is 3.28. The van der Waals surface area contributed by atoms with E-state index in [1.54, 1.807) is 27.7 Å². The quantitative estimate of drug-likeness (QED) is 0.554. The third-order valence-electron chi connectivity index (χ3n) is 3.28. The van der Waals surface area contributed by atoms with Crippen LogP contribution in [0.1, 0.15) is 38.1 Å². The summed E-state index contributed by atoms with van der Waals surface area (Å²) in [6, 6.07) is 1.08. The predicted molar refractivity (Wildman–Crippen MR) is 71.9 cm³/mol. The summed E-state index contributed by atoms with van der Waals surface area (Å²) in [5.74, 6) is -1.27. The minimum Gasteiger partial charge on any atom is -0.477 e. The number of carboxylic acids is 1. The number of aromatic carboxylic acids is 1. The van der Waals surface area contributed by atoms with Gasteiger partial charge in [0.15, 0.2) is 0 Å². The molecule has 110 valence electrons. The van der Waals surface area contributed by atoms with E-state index in [0.717, 1.165) is 12.3 Å². The van der Waals surface area contributed by atoms with E-state index in [1.807, 2.05) is 0 Å². The van der Waals surface area contributed by atoms with Crippen molar-refractivity contribution in [1.29, 1.82) is 0 Å². The van der Waals surface area contributed by atoms with E-state index in [9.17, 15) is 20.0 Å². The summed E-state index contributed by atoms with van der Waals surface area (Å²) in [5.41, 5.74) is -2.96. The van der Waals surface area contributed by atoms with Gasteiger partial charge in [0.1, 0.15) is 17.6 Å². The Balaban J connectivity index is 3.20. The summed E-state index contributed by atoms with van der Waals surface area (Å²) in [6.07, 6.45) is 0.881. The Kier molecular flexibility index (Phi) is 3.99. The highest BCUT2D eigenvalue weighted by Gasteiger charge is 2.35. The molecule has 3 N–H and O–H groups in total. The van der Waals surface area contributed by atoms with Gasteiger partial charge < -0.3 is 15.5 Å². The Morgan fingerprint density at radius 2 is 1.95 bits per heavy atom. The lowest BCUT2D eigenvalue weighted by Gasteiger charge is -2.38. The van der Waals surface area contributed by atoms with Crippen LogP contribution in [0, 0.1) is 10.1 Å². The van der Waals surface area contributed by atoms with Gasteiger partial charge in [-0.3, -0.25) is 10.1 Å². The second-order valence-corrected chi connectivity index (χ2v) is 5.46. The molecule has 0 aliphatic carbocycles. The normalized spacial score (nSPS) is 12.1.